The molecule has 1 aromatic carbocycles. The van der Waals surface area contributed by atoms with Gasteiger partial charge < -0.3 is 20.1 Å². The zero-order chi connectivity index (χ0) is 23.3. The molecule has 2 fully saturated rings. The highest BCUT2D eigenvalue weighted by Crippen LogP contribution is 2.45. The average molecular weight is 481 g/mol. The van der Waals surface area contributed by atoms with Crippen molar-refractivity contribution in [3.05, 3.63) is 47.2 Å². The molecule has 34 heavy (non-hydrogen) atoms. The van der Waals surface area contributed by atoms with E-state index in [0.717, 1.165) is 54.6 Å². The van der Waals surface area contributed by atoms with Gasteiger partial charge in [0.15, 0.2) is 5.82 Å². The van der Waals surface area contributed by atoms with E-state index in [0.29, 0.717) is 36.3 Å². The molecule has 2 aromatic heterocycles. The van der Waals surface area contributed by atoms with Gasteiger partial charge in [-0.3, -0.25) is 9.69 Å². The Morgan fingerprint density at radius 2 is 2.03 bits per heavy atom. The topological polar surface area (TPSA) is 104 Å². The van der Waals surface area contributed by atoms with Crippen molar-refractivity contribution in [1.82, 2.24) is 20.1 Å². The number of β-amino-alcohol motifs (C(OH)–C–C–N with tert-alkyl or cyclic N) is 1. The molecule has 0 radical (unpaired) electrons. The minimum atomic E-state index is -0.481. The van der Waals surface area contributed by atoms with Crippen molar-refractivity contribution in [1.29, 1.82) is 0 Å². The fraction of sp³-hybridized carbons (Fsp3) is 0.417. The number of aromatic nitrogens is 3. The second-order valence-corrected chi connectivity index (χ2v) is 9.69. The summed E-state index contributed by atoms with van der Waals surface area (Å²) in [7, 11) is 0. The molecule has 0 saturated carbocycles. The Bertz CT molecular complexity index is 1260. The van der Waals surface area contributed by atoms with Crippen molar-refractivity contribution >= 4 is 39.9 Å². The highest BCUT2D eigenvalue weighted by molar-refractivity contribution is 6.31. The van der Waals surface area contributed by atoms with Gasteiger partial charge in [-0.25, -0.2) is 4.98 Å². The van der Waals surface area contributed by atoms with Gasteiger partial charge in [0.1, 0.15) is 17.9 Å². The Kier molecular flexibility index (Phi) is 5.28. The van der Waals surface area contributed by atoms with Crippen molar-refractivity contribution in [3.63, 3.8) is 0 Å². The van der Waals surface area contributed by atoms with Crippen molar-refractivity contribution in [2.24, 2.45) is 0 Å². The number of pyridine rings is 1. The molecule has 10 heteroatoms. The van der Waals surface area contributed by atoms with Gasteiger partial charge in [-0.15, -0.1) is 5.10 Å². The number of aliphatic hydroxyl groups is 1. The van der Waals surface area contributed by atoms with Crippen LogP contribution in [0.25, 0.3) is 10.9 Å². The lowest BCUT2D eigenvalue weighted by Gasteiger charge is -2.38. The molecule has 5 heterocycles. The molecule has 176 valence electrons. The van der Waals surface area contributed by atoms with E-state index in [9.17, 15) is 9.90 Å². The minimum absolute atomic E-state index is 0.0816. The standard InChI is InChI=1S/C24H25ClN6O3/c25-16-1-2-20-19(10-16)24(23(33)28-20)3-5-30(6-4-24)7-8-34-18-9-15-11-27-29-22(21(15)26-12-18)31-13-17(32)14-31/h1-2,9-12,17,32H,3-8,13-14H2,(H,28,33). The number of halogens is 1. The quantitative estimate of drug-likeness (QED) is 0.573. The zero-order valence-electron chi connectivity index (χ0n) is 18.6. The summed E-state index contributed by atoms with van der Waals surface area (Å²) in [5.74, 6) is 1.45. The van der Waals surface area contributed by atoms with Crippen LogP contribution in [0.3, 0.4) is 0 Å². The molecule has 0 unspecified atom stereocenters. The van der Waals surface area contributed by atoms with E-state index < -0.39 is 5.41 Å². The Morgan fingerprint density at radius 1 is 1.21 bits per heavy atom. The monoisotopic (exact) mass is 480 g/mol. The number of nitrogens with one attached hydrogen (secondary N) is 1. The maximum atomic E-state index is 12.8. The molecule has 0 bridgehead atoms. The second kappa shape index (κ2) is 8.33. The van der Waals surface area contributed by atoms with E-state index in [1.54, 1.807) is 12.4 Å². The van der Waals surface area contributed by atoms with E-state index in [-0.39, 0.29) is 12.0 Å². The van der Waals surface area contributed by atoms with Crippen molar-refractivity contribution < 1.29 is 14.6 Å². The maximum absolute atomic E-state index is 12.8. The molecule has 3 aliphatic rings. The van der Waals surface area contributed by atoms with Crippen LogP contribution in [0.2, 0.25) is 5.02 Å². The Hall–Kier alpha value is -3.01. The summed E-state index contributed by atoms with van der Waals surface area (Å²) in [5.41, 5.74) is 2.18. The number of benzene rings is 1. The Morgan fingerprint density at radius 3 is 2.82 bits per heavy atom. The average Bonchev–Trinajstić information content (AvgIpc) is 3.08. The molecule has 2 saturated heterocycles. The minimum Gasteiger partial charge on any atom is -0.491 e. The van der Waals surface area contributed by atoms with Gasteiger partial charge in [-0.2, -0.15) is 5.10 Å². The van der Waals surface area contributed by atoms with Crippen LogP contribution >= 0.6 is 11.6 Å². The number of anilines is 2. The predicted molar refractivity (Wildman–Crippen MR) is 128 cm³/mol. The third-order valence-corrected chi connectivity index (χ3v) is 7.42. The van der Waals surface area contributed by atoms with Crippen LogP contribution in [0.5, 0.6) is 5.75 Å². The van der Waals surface area contributed by atoms with Gasteiger partial charge in [-0.1, -0.05) is 11.6 Å². The zero-order valence-corrected chi connectivity index (χ0v) is 19.3. The molecule has 9 nitrogen and oxygen atoms in total. The lowest BCUT2D eigenvalue weighted by atomic mass is 9.73. The lowest BCUT2D eigenvalue weighted by Crippen LogP contribution is -2.51. The first-order valence-electron chi connectivity index (χ1n) is 11.5. The molecule has 3 aliphatic heterocycles. The van der Waals surface area contributed by atoms with Gasteiger partial charge >= 0.3 is 0 Å². The molecule has 6 rings (SSSR count). The van der Waals surface area contributed by atoms with E-state index in [1.807, 2.05) is 29.2 Å². The molecule has 1 amide bonds. The highest BCUT2D eigenvalue weighted by atomic mass is 35.5. The number of rotatable bonds is 5. The predicted octanol–water partition coefficient (Wildman–Crippen LogP) is 2.22. The number of carbonyl (C=O) groups is 1. The smallest absolute Gasteiger partial charge is 0.235 e. The van der Waals surface area contributed by atoms with Gasteiger partial charge in [0, 0.05) is 35.7 Å². The third kappa shape index (κ3) is 3.64. The molecule has 1 spiro atoms. The Balaban J connectivity index is 1.06. The van der Waals surface area contributed by atoms with Crippen LogP contribution in [0.1, 0.15) is 18.4 Å². The molecule has 2 N–H and O–H groups in total. The van der Waals surface area contributed by atoms with Crippen LogP contribution in [-0.4, -0.2) is 76.5 Å². The third-order valence-electron chi connectivity index (χ3n) is 7.18. The SMILES string of the molecule is O=C1Nc2ccc(Cl)cc2C12CCN(CCOc1cnc3c(N4CC(O)C4)nncc3c1)CC2. The van der Waals surface area contributed by atoms with Crippen molar-refractivity contribution in [2.75, 3.05) is 49.5 Å². The number of hydrogen-bond acceptors (Lipinski definition) is 8. The summed E-state index contributed by atoms with van der Waals surface area (Å²) in [6.45, 7) is 4.02. The number of amides is 1. The van der Waals surface area contributed by atoms with E-state index in [1.165, 1.54) is 0 Å². The summed E-state index contributed by atoms with van der Waals surface area (Å²) >= 11 is 6.21. The molecular formula is C24H25ClN6O3. The van der Waals surface area contributed by atoms with Crippen LogP contribution in [0.4, 0.5) is 11.5 Å². The fourth-order valence-corrected chi connectivity index (χ4v) is 5.37. The number of ether oxygens (including phenoxy) is 1. The molecular weight excluding hydrogens is 456 g/mol. The van der Waals surface area contributed by atoms with Gasteiger partial charge in [0.05, 0.1) is 23.9 Å². The number of likely N-dealkylation sites (tertiary alicyclic amines) is 1. The summed E-state index contributed by atoms with van der Waals surface area (Å²) < 4.78 is 5.98. The van der Waals surface area contributed by atoms with Crippen LogP contribution in [0, 0.1) is 0 Å². The Labute approximate surface area is 201 Å². The first kappa shape index (κ1) is 21.5. The number of carbonyl (C=O) groups excluding carboxylic acids is 1. The lowest BCUT2D eigenvalue weighted by molar-refractivity contribution is -0.122. The summed E-state index contributed by atoms with van der Waals surface area (Å²) in [6, 6.07) is 7.56. The fourth-order valence-electron chi connectivity index (χ4n) is 5.19. The first-order valence-corrected chi connectivity index (χ1v) is 11.9. The van der Waals surface area contributed by atoms with E-state index in [4.69, 9.17) is 16.3 Å². The van der Waals surface area contributed by atoms with Crippen LogP contribution in [0.15, 0.2) is 36.7 Å². The highest BCUT2D eigenvalue weighted by Gasteiger charge is 2.48. The number of fused-ring (bicyclic) bond motifs is 3. The largest absolute Gasteiger partial charge is 0.491 e. The maximum Gasteiger partial charge on any atom is 0.235 e. The second-order valence-electron chi connectivity index (χ2n) is 9.25. The van der Waals surface area contributed by atoms with E-state index >= 15 is 0 Å². The number of piperidine rings is 1. The summed E-state index contributed by atoms with van der Waals surface area (Å²) in [4.78, 5) is 21.6. The number of aliphatic hydroxyl groups excluding tert-OH is 1. The first-order chi connectivity index (χ1) is 16.5. The number of nitrogens with zero attached hydrogens (tertiary/aromatic N) is 5. The summed E-state index contributed by atoms with van der Waals surface area (Å²) in [5, 5.41) is 22.4. The number of hydrogen-bond donors (Lipinski definition) is 2. The molecule has 0 aliphatic carbocycles. The van der Waals surface area contributed by atoms with Gasteiger partial charge in [0.25, 0.3) is 0 Å². The molecule has 3 aromatic rings. The van der Waals surface area contributed by atoms with Gasteiger partial charge in [0.2, 0.25) is 5.91 Å². The summed E-state index contributed by atoms with van der Waals surface area (Å²) in [6.07, 6.45) is 4.58. The van der Waals surface area contributed by atoms with Crippen molar-refractivity contribution in [2.45, 2.75) is 24.4 Å². The van der Waals surface area contributed by atoms with Crippen molar-refractivity contribution in [3.8, 4) is 5.75 Å². The van der Waals surface area contributed by atoms with E-state index in [2.05, 4.69) is 25.4 Å². The van der Waals surface area contributed by atoms with Crippen LogP contribution < -0.4 is 15.0 Å². The van der Waals surface area contributed by atoms with Gasteiger partial charge in [-0.05, 0) is 55.8 Å². The normalized spacial score (nSPS) is 19.8. The van der Waals surface area contributed by atoms with Crippen LogP contribution in [-0.2, 0) is 10.2 Å². The molecule has 0 atom stereocenters.